The lowest BCUT2D eigenvalue weighted by Crippen LogP contribution is -2.45. The Morgan fingerprint density at radius 3 is 2.45 bits per heavy atom. The summed E-state index contributed by atoms with van der Waals surface area (Å²) in [7, 11) is 0. The van der Waals surface area contributed by atoms with Crippen LogP contribution in [0.2, 0.25) is 10.0 Å². The number of fused-ring (bicyclic) bond motifs is 2. The summed E-state index contributed by atoms with van der Waals surface area (Å²) in [5.74, 6) is 0.458. The molecule has 1 aliphatic carbocycles. The number of nitrogen functional groups attached to an aromatic ring is 1. The predicted molar refractivity (Wildman–Crippen MR) is 160 cm³/mol. The van der Waals surface area contributed by atoms with Gasteiger partial charge in [0.05, 0.1) is 31.2 Å². The summed E-state index contributed by atoms with van der Waals surface area (Å²) in [5.41, 5.74) is 11.1. The van der Waals surface area contributed by atoms with Crippen molar-refractivity contribution in [3.05, 3.63) is 70.6 Å². The fourth-order valence-electron chi connectivity index (χ4n) is 6.40. The lowest BCUT2D eigenvalue weighted by atomic mass is 9.90. The van der Waals surface area contributed by atoms with Crippen LogP contribution in [0.25, 0.3) is 33.2 Å². The second-order valence-corrected chi connectivity index (χ2v) is 11.6. The van der Waals surface area contributed by atoms with Gasteiger partial charge in [-0.15, -0.1) is 0 Å². The Balaban J connectivity index is 1.20. The van der Waals surface area contributed by atoms with Crippen LogP contribution in [0.3, 0.4) is 0 Å². The summed E-state index contributed by atoms with van der Waals surface area (Å²) < 4.78 is 9.82. The second kappa shape index (κ2) is 10.7. The molecule has 3 aromatic heterocycles. The molecule has 1 saturated carbocycles. The average Bonchev–Trinajstić information content (AvgIpc) is 3.58. The van der Waals surface area contributed by atoms with E-state index in [1.54, 1.807) is 6.33 Å². The summed E-state index contributed by atoms with van der Waals surface area (Å²) in [6.45, 7) is 4.33. The first-order valence-electron chi connectivity index (χ1n) is 13.9. The van der Waals surface area contributed by atoms with Crippen LogP contribution in [0.5, 0.6) is 0 Å². The standard InChI is InChI=1S/C30H31Cl2N7O/c31-24-2-1-3-25(32)23(24)17-38-11-10-19-16-20(4-9-26(19)38)28-27-29(33)34-18-35-30(27)39(36-28)22-7-5-21(6-8-22)37-12-14-40-15-13-37/h1-4,9-11,16,18,21-22H,5-8,12-15,17H2,(H2,33,34,35)/t21-,22-. The first kappa shape index (κ1) is 25.8. The molecule has 2 aliphatic rings. The van der Waals surface area contributed by atoms with Gasteiger partial charge in [-0.25, -0.2) is 14.6 Å². The van der Waals surface area contributed by atoms with Gasteiger partial charge in [0.15, 0.2) is 5.65 Å². The van der Waals surface area contributed by atoms with Crippen LogP contribution in [-0.4, -0.2) is 61.6 Å². The van der Waals surface area contributed by atoms with E-state index in [-0.39, 0.29) is 6.04 Å². The van der Waals surface area contributed by atoms with E-state index in [1.165, 1.54) is 0 Å². The quantitative estimate of drug-likeness (QED) is 0.268. The van der Waals surface area contributed by atoms with Crippen LogP contribution in [-0.2, 0) is 11.3 Å². The number of anilines is 1. The maximum Gasteiger partial charge on any atom is 0.164 e. The normalized spacial score (nSPS) is 20.4. The van der Waals surface area contributed by atoms with Gasteiger partial charge in [0.1, 0.15) is 17.8 Å². The lowest BCUT2D eigenvalue weighted by Gasteiger charge is -2.38. The van der Waals surface area contributed by atoms with Gasteiger partial charge in [0.2, 0.25) is 0 Å². The van der Waals surface area contributed by atoms with E-state index in [1.807, 2.05) is 18.2 Å². The molecule has 1 aliphatic heterocycles. The van der Waals surface area contributed by atoms with Crippen LogP contribution in [0.1, 0.15) is 37.3 Å². The molecule has 7 rings (SSSR count). The van der Waals surface area contributed by atoms with Gasteiger partial charge >= 0.3 is 0 Å². The Kier molecular flexibility index (Phi) is 6.87. The van der Waals surface area contributed by atoms with E-state index in [9.17, 15) is 0 Å². The fraction of sp³-hybridized carbons (Fsp3) is 0.367. The van der Waals surface area contributed by atoms with Gasteiger partial charge in [0, 0.05) is 57.4 Å². The molecule has 206 valence electrons. The van der Waals surface area contributed by atoms with Gasteiger partial charge < -0.3 is 15.0 Å². The number of aromatic nitrogens is 5. The van der Waals surface area contributed by atoms with E-state index < -0.39 is 0 Å². The maximum absolute atomic E-state index is 6.45. The molecular weight excluding hydrogens is 545 g/mol. The van der Waals surface area contributed by atoms with Crippen molar-refractivity contribution < 1.29 is 4.74 Å². The molecule has 0 amide bonds. The van der Waals surface area contributed by atoms with Gasteiger partial charge in [-0.05, 0) is 56.0 Å². The van der Waals surface area contributed by atoms with E-state index in [0.717, 1.165) is 90.7 Å². The number of nitrogens with two attached hydrogens (primary N) is 1. The van der Waals surface area contributed by atoms with Crippen molar-refractivity contribution in [2.24, 2.45) is 0 Å². The van der Waals surface area contributed by atoms with Crippen LogP contribution >= 0.6 is 23.2 Å². The second-order valence-electron chi connectivity index (χ2n) is 10.8. The van der Waals surface area contributed by atoms with E-state index in [4.69, 9.17) is 38.8 Å². The molecule has 8 nitrogen and oxygen atoms in total. The summed E-state index contributed by atoms with van der Waals surface area (Å²) in [6, 6.07) is 15.0. The number of hydrogen-bond donors (Lipinski definition) is 1. The maximum atomic E-state index is 6.45. The third-order valence-electron chi connectivity index (χ3n) is 8.53. The summed E-state index contributed by atoms with van der Waals surface area (Å²) in [5, 5.41) is 8.39. The minimum absolute atomic E-state index is 0.285. The van der Waals surface area contributed by atoms with Crippen molar-refractivity contribution in [2.45, 2.75) is 44.3 Å². The molecule has 0 radical (unpaired) electrons. The third kappa shape index (κ3) is 4.63. The largest absolute Gasteiger partial charge is 0.383 e. The smallest absolute Gasteiger partial charge is 0.164 e. The predicted octanol–water partition coefficient (Wildman–Crippen LogP) is 6.20. The minimum atomic E-state index is 0.285. The Bertz CT molecular complexity index is 1660. The van der Waals surface area contributed by atoms with Crippen LogP contribution in [0.4, 0.5) is 5.82 Å². The van der Waals surface area contributed by atoms with Crippen molar-refractivity contribution in [1.29, 1.82) is 0 Å². The summed E-state index contributed by atoms with van der Waals surface area (Å²) in [6.07, 6.45) is 8.04. The molecule has 10 heteroatoms. The van der Waals surface area contributed by atoms with Crippen molar-refractivity contribution >= 4 is 51.0 Å². The zero-order valence-corrected chi connectivity index (χ0v) is 23.7. The number of rotatable bonds is 5. The molecule has 0 unspecified atom stereocenters. The first-order valence-corrected chi connectivity index (χ1v) is 14.6. The zero-order valence-electron chi connectivity index (χ0n) is 22.1. The molecular formula is C30H31Cl2N7O. The Hall–Kier alpha value is -3.17. The molecule has 0 atom stereocenters. The number of halogens is 2. The molecule has 0 bridgehead atoms. The number of hydrogen-bond acceptors (Lipinski definition) is 6. The molecule has 4 heterocycles. The van der Waals surface area contributed by atoms with Crippen molar-refractivity contribution in [3.8, 4) is 11.3 Å². The zero-order chi connectivity index (χ0) is 27.2. The van der Waals surface area contributed by atoms with Gasteiger partial charge in [-0.3, -0.25) is 4.90 Å². The molecule has 40 heavy (non-hydrogen) atoms. The molecule has 0 spiro atoms. The van der Waals surface area contributed by atoms with E-state index in [0.29, 0.717) is 28.4 Å². The third-order valence-corrected chi connectivity index (χ3v) is 9.24. The number of nitrogens with zero attached hydrogens (tertiary/aromatic N) is 6. The monoisotopic (exact) mass is 575 g/mol. The number of morpholine rings is 1. The SMILES string of the molecule is Nc1ncnc2c1c(-c1ccc3c(ccn3Cc3c(Cl)cccc3Cl)c1)nn2[C@H]1CC[C@H](N2CCOCC2)CC1. The highest BCUT2D eigenvalue weighted by atomic mass is 35.5. The molecule has 2 aromatic carbocycles. The Morgan fingerprint density at radius 1 is 0.925 bits per heavy atom. The van der Waals surface area contributed by atoms with Crippen molar-refractivity contribution in [2.75, 3.05) is 32.0 Å². The summed E-state index contributed by atoms with van der Waals surface area (Å²) >= 11 is 12.9. The van der Waals surface area contributed by atoms with Gasteiger partial charge in [-0.2, -0.15) is 5.10 Å². The number of ether oxygens (including phenoxy) is 1. The molecule has 5 aromatic rings. The number of benzene rings is 2. The van der Waals surface area contributed by atoms with Crippen molar-refractivity contribution in [1.82, 2.24) is 29.2 Å². The molecule has 1 saturated heterocycles. The molecule has 2 N–H and O–H groups in total. The average molecular weight is 577 g/mol. The van der Waals surface area contributed by atoms with Crippen LogP contribution in [0, 0.1) is 0 Å². The fourth-order valence-corrected chi connectivity index (χ4v) is 6.92. The highest BCUT2D eigenvalue weighted by molar-refractivity contribution is 6.36. The highest BCUT2D eigenvalue weighted by Gasteiger charge is 2.30. The lowest BCUT2D eigenvalue weighted by molar-refractivity contribution is 0.00520. The topological polar surface area (TPSA) is 87.0 Å². The van der Waals surface area contributed by atoms with E-state index >= 15 is 0 Å². The highest BCUT2D eigenvalue weighted by Crippen LogP contribution is 2.38. The van der Waals surface area contributed by atoms with Gasteiger partial charge in [-0.1, -0.05) is 35.3 Å². The Morgan fingerprint density at radius 2 is 1.68 bits per heavy atom. The van der Waals surface area contributed by atoms with Crippen LogP contribution < -0.4 is 5.73 Å². The molecule has 2 fully saturated rings. The minimum Gasteiger partial charge on any atom is -0.383 e. The van der Waals surface area contributed by atoms with Crippen LogP contribution in [0.15, 0.2) is 55.0 Å². The van der Waals surface area contributed by atoms with Crippen molar-refractivity contribution in [3.63, 3.8) is 0 Å². The Labute approximate surface area is 242 Å². The summed E-state index contributed by atoms with van der Waals surface area (Å²) in [4.78, 5) is 11.6. The van der Waals surface area contributed by atoms with Gasteiger partial charge in [0.25, 0.3) is 0 Å². The van der Waals surface area contributed by atoms with E-state index in [2.05, 4.69) is 54.6 Å². The first-order chi connectivity index (χ1) is 19.6.